The van der Waals surface area contributed by atoms with Crippen molar-refractivity contribution >= 4 is 17.9 Å². The van der Waals surface area contributed by atoms with Gasteiger partial charge in [0.2, 0.25) is 5.91 Å². The first kappa shape index (κ1) is 17.8. The quantitative estimate of drug-likeness (QED) is 0.871. The van der Waals surface area contributed by atoms with E-state index >= 15 is 0 Å². The van der Waals surface area contributed by atoms with Crippen LogP contribution in [-0.4, -0.2) is 60.0 Å². The predicted molar refractivity (Wildman–Crippen MR) is 88.6 cm³/mol. The molecule has 2 rings (SSSR count). The van der Waals surface area contributed by atoms with Gasteiger partial charge in [0.15, 0.2) is 0 Å². The molecule has 24 heavy (non-hydrogen) atoms. The van der Waals surface area contributed by atoms with Crippen molar-refractivity contribution in [1.82, 2.24) is 15.1 Å². The number of hydrogen-bond acceptors (Lipinski definition) is 3. The fraction of sp³-hybridized carbons (Fsp3) is 0.471. The standard InChI is InChI=1S/C17H23N3O4/c1-19(2)17(24)20-9-3-4-14(11-20)15(21)18-10-12-5-7-13(8-6-12)16(22)23/h5-8,14H,3-4,9-11H2,1-2H3,(H,18,21)(H,22,23). The van der Waals surface area contributed by atoms with Crippen LogP contribution in [0.3, 0.4) is 0 Å². The van der Waals surface area contributed by atoms with Crippen molar-refractivity contribution in [2.45, 2.75) is 19.4 Å². The average Bonchev–Trinajstić information content (AvgIpc) is 2.59. The second kappa shape index (κ2) is 7.81. The minimum Gasteiger partial charge on any atom is -0.478 e. The maximum absolute atomic E-state index is 12.3. The van der Waals surface area contributed by atoms with Crippen LogP contribution in [0.25, 0.3) is 0 Å². The molecule has 1 aliphatic heterocycles. The van der Waals surface area contributed by atoms with Crippen LogP contribution in [0.5, 0.6) is 0 Å². The van der Waals surface area contributed by atoms with Gasteiger partial charge in [-0.2, -0.15) is 0 Å². The molecule has 1 atom stereocenters. The van der Waals surface area contributed by atoms with Crippen molar-refractivity contribution < 1.29 is 19.5 Å². The molecule has 0 radical (unpaired) electrons. The molecule has 0 saturated carbocycles. The molecular formula is C17H23N3O4. The van der Waals surface area contributed by atoms with E-state index in [1.807, 2.05) is 0 Å². The van der Waals surface area contributed by atoms with Gasteiger partial charge in [-0.05, 0) is 30.5 Å². The predicted octanol–water partition coefficient (Wildman–Crippen LogP) is 1.39. The molecular weight excluding hydrogens is 310 g/mol. The number of nitrogens with one attached hydrogen (secondary N) is 1. The second-order valence-electron chi connectivity index (χ2n) is 6.18. The molecule has 3 amide bonds. The van der Waals surface area contributed by atoms with Gasteiger partial charge in [0.05, 0.1) is 11.5 Å². The summed E-state index contributed by atoms with van der Waals surface area (Å²) < 4.78 is 0. The van der Waals surface area contributed by atoms with Crippen LogP contribution in [0, 0.1) is 5.92 Å². The summed E-state index contributed by atoms with van der Waals surface area (Å²) in [4.78, 5) is 38.4. The molecule has 1 aliphatic rings. The molecule has 1 saturated heterocycles. The molecule has 1 aromatic rings. The third-order valence-electron chi connectivity index (χ3n) is 4.11. The Morgan fingerprint density at radius 2 is 1.92 bits per heavy atom. The van der Waals surface area contributed by atoms with E-state index in [1.54, 1.807) is 31.1 Å². The summed E-state index contributed by atoms with van der Waals surface area (Å²) in [6.07, 6.45) is 1.58. The highest BCUT2D eigenvalue weighted by Crippen LogP contribution is 2.18. The van der Waals surface area contributed by atoms with E-state index in [0.29, 0.717) is 19.6 Å². The fourth-order valence-electron chi connectivity index (χ4n) is 2.75. The van der Waals surface area contributed by atoms with Crippen molar-refractivity contribution in [3.8, 4) is 0 Å². The van der Waals surface area contributed by atoms with E-state index in [1.165, 1.54) is 17.0 Å². The summed E-state index contributed by atoms with van der Waals surface area (Å²) in [6, 6.07) is 6.33. The van der Waals surface area contributed by atoms with Gasteiger partial charge in [0.25, 0.3) is 0 Å². The number of carboxylic acids is 1. The monoisotopic (exact) mass is 333 g/mol. The highest BCUT2D eigenvalue weighted by molar-refractivity contribution is 5.87. The zero-order chi connectivity index (χ0) is 17.7. The van der Waals surface area contributed by atoms with Crippen molar-refractivity contribution in [3.63, 3.8) is 0 Å². The molecule has 0 aliphatic carbocycles. The third kappa shape index (κ3) is 4.47. The lowest BCUT2D eigenvalue weighted by molar-refractivity contribution is -0.126. The lowest BCUT2D eigenvalue weighted by Gasteiger charge is -2.33. The van der Waals surface area contributed by atoms with Crippen LogP contribution >= 0.6 is 0 Å². The number of hydrogen-bond donors (Lipinski definition) is 2. The Hall–Kier alpha value is -2.57. The molecule has 0 spiro atoms. The summed E-state index contributed by atoms with van der Waals surface area (Å²) in [5.74, 6) is -1.26. The van der Waals surface area contributed by atoms with Crippen molar-refractivity contribution in [2.75, 3.05) is 27.2 Å². The van der Waals surface area contributed by atoms with Gasteiger partial charge in [0.1, 0.15) is 0 Å². The van der Waals surface area contributed by atoms with Gasteiger partial charge >= 0.3 is 12.0 Å². The number of carbonyl (C=O) groups excluding carboxylic acids is 2. The summed E-state index contributed by atoms with van der Waals surface area (Å²) in [6.45, 7) is 1.45. The number of benzene rings is 1. The van der Waals surface area contributed by atoms with Gasteiger partial charge in [-0.3, -0.25) is 4.79 Å². The highest BCUT2D eigenvalue weighted by atomic mass is 16.4. The van der Waals surface area contributed by atoms with Gasteiger partial charge in [-0.1, -0.05) is 12.1 Å². The smallest absolute Gasteiger partial charge is 0.335 e. The Morgan fingerprint density at radius 3 is 2.50 bits per heavy atom. The number of piperidine rings is 1. The summed E-state index contributed by atoms with van der Waals surface area (Å²) in [5, 5.41) is 11.7. The second-order valence-corrected chi connectivity index (χ2v) is 6.18. The van der Waals surface area contributed by atoms with Gasteiger partial charge in [0, 0.05) is 33.7 Å². The Morgan fingerprint density at radius 1 is 1.25 bits per heavy atom. The average molecular weight is 333 g/mol. The minimum absolute atomic E-state index is 0.0724. The van der Waals surface area contributed by atoms with E-state index in [0.717, 1.165) is 18.4 Å². The van der Waals surface area contributed by atoms with Crippen LogP contribution in [0.1, 0.15) is 28.8 Å². The normalized spacial score (nSPS) is 17.2. The van der Waals surface area contributed by atoms with E-state index in [-0.39, 0.29) is 23.4 Å². The summed E-state index contributed by atoms with van der Waals surface area (Å²) in [7, 11) is 3.40. The lowest BCUT2D eigenvalue weighted by Crippen LogP contribution is -2.48. The highest BCUT2D eigenvalue weighted by Gasteiger charge is 2.28. The molecule has 1 heterocycles. The zero-order valence-corrected chi connectivity index (χ0v) is 14.0. The fourth-order valence-corrected chi connectivity index (χ4v) is 2.75. The Balaban J connectivity index is 1.87. The van der Waals surface area contributed by atoms with E-state index in [2.05, 4.69) is 5.32 Å². The molecule has 0 aromatic heterocycles. The van der Waals surface area contributed by atoms with Gasteiger partial charge < -0.3 is 20.2 Å². The lowest BCUT2D eigenvalue weighted by atomic mass is 9.97. The first-order valence-corrected chi connectivity index (χ1v) is 7.94. The van der Waals surface area contributed by atoms with Crippen molar-refractivity contribution in [1.29, 1.82) is 0 Å². The topological polar surface area (TPSA) is 90.0 Å². The van der Waals surface area contributed by atoms with Gasteiger partial charge in [-0.15, -0.1) is 0 Å². The first-order valence-electron chi connectivity index (χ1n) is 7.94. The third-order valence-corrected chi connectivity index (χ3v) is 4.11. The molecule has 7 heteroatoms. The summed E-state index contributed by atoms with van der Waals surface area (Å²) >= 11 is 0. The molecule has 0 bridgehead atoms. The van der Waals surface area contributed by atoms with Crippen LogP contribution in [-0.2, 0) is 11.3 Å². The van der Waals surface area contributed by atoms with Crippen LogP contribution < -0.4 is 5.32 Å². The number of nitrogens with zero attached hydrogens (tertiary/aromatic N) is 2. The van der Waals surface area contributed by atoms with E-state index < -0.39 is 5.97 Å². The number of carboxylic acid groups (broad SMARTS) is 1. The Kier molecular flexibility index (Phi) is 5.78. The van der Waals surface area contributed by atoms with Crippen LogP contribution in [0.2, 0.25) is 0 Å². The number of rotatable bonds is 4. The molecule has 1 unspecified atom stereocenters. The number of carbonyl (C=O) groups is 3. The molecule has 7 nitrogen and oxygen atoms in total. The van der Waals surface area contributed by atoms with Gasteiger partial charge in [-0.25, -0.2) is 9.59 Å². The van der Waals surface area contributed by atoms with Crippen molar-refractivity contribution in [3.05, 3.63) is 35.4 Å². The maximum atomic E-state index is 12.3. The number of urea groups is 1. The van der Waals surface area contributed by atoms with Crippen LogP contribution in [0.4, 0.5) is 4.79 Å². The SMILES string of the molecule is CN(C)C(=O)N1CCCC(C(=O)NCc2ccc(C(=O)O)cc2)C1. The largest absolute Gasteiger partial charge is 0.478 e. The molecule has 1 fully saturated rings. The number of likely N-dealkylation sites (tertiary alicyclic amines) is 1. The van der Waals surface area contributed by atoms with Crippen molar-refractivity contribution in [2.24, 2.45) is 5.92 Å². The Bertz CT molecular complexity index is 613. The number of aromatic carboxylic acids is 1. The zero-order valence-electron chi connectivity index (χ0n) is 14.0. The molecule has 130 valence electrons. The maximum Gasteiger partial charge on any atom is 0.335 e. The molecule has 1 aromatic carbocycles. The summed E-state index contributed by atoms with van der Waals surface area (Å²) in [5.41, 5.74) is 1.06. The van der Waals surface area contributed by atoms with E-state index in [4.69, 9.17) is 5.11 Å². The number of amides is 3. The Labute approximate surface area is 141 Å². The minimum atomic E-state index is -0.974. The van der Waals surface area contributed by atoms with E-state index in [9.17, 15) is 14.4 Å². The van der Waals surface area contributed by atoms with Crippen LogP contribution in [0.15, 0.2) is 24.3 Å². The first-order chi connectivity index (χ1) is 11.4. The molecule has 2 N–H and O–H groups in total.